The lowest BCUT2D eigenvalue weighted by Gasteiger charge is -2.21. The first-order valence-electron chi connectivity index (χ1n) is 7.73. The van der Waals surface area contributed by atoms with Crippen LogP contribution in [0.5, 0.6) is 11.5 Å². The normalized spacial score (nSPS) is 14.0. The van der Waals surface area contributed by atoms with Crippen molar-refractivity contribution in [1.82, 2.24) is 15.3 Å². The Balaban J connectivity index is 1.57. The van der Waals surface area contributed by atoms with Gasteiger partial charge < -0.3 is 26.3 Å². The molecule has 0 bridgehead atoms. The van der Waals surface area contributed by atoms with Gasteiger partial charge in [0.1, 0.15) is 24.8 Å². The lowest BCUT2D eigenvalue weighted by Crippen LogP contribution is -2.28. The Morgan fingerprint density at radius 1 is 1.20 bits per heavy atom. The van der Waals surface area contributed by atoms with Crippen LogP contribution in [0.15, 0.2) is 29.4 Å². The third-order valence-corrected chi connectivity index (χ3v) is 4.37. The van der Waals surface area contributed by atoms with Crippen LogP contribution in [0.4, 0.5) is 11.6 Å². The molecule has 0 fully saturated rings. The highest BCUT2D eigenvalue weighted by Gasteiger charge is 2.16. The summed E-state index contributed by atoms with van der Waals surface area (Å²) in [7, 11) is 0. The molecular weight excluding hydrogens is 342 g/mol. The van der Waals surface area contributed by atoms with E-state index in [0.717, 1.165) is 11.3 Å². The molecule has 1 amide bonds. The van der Waals surface area contributed by atoms with Crippen LogP contribution in [0.2, 0.25) is 0 Å². The van der Waals surface area contributed by atoms with Gasteiger partial charge in [-0.1, -0.05) is 17.8 Å². The van der Waals surface area contributed by atoms with E-state index in [1.807, 2.05) is 25.1 Å². The third-order valence-electron chi connectivity index (χ3n) is 3.52. The molecule has 0 radical (unpaired) electrons. The predicted molar refractivity (Wildman–Crippen MR) is 95.6 cm³/mol. The van der Waals surface area contributed by atoms with Crippen LogP contribution in [-0.2, 0) is 4.79 Å². The number of carbonyl (C=O) groups is 1. The first kappa shape index (κ1) is 17.2. The number of ether oxygens (including phenoxy) is 2. The van der Waals surface area contributed by atoms with Gasteiger partial charge in [-0.05, 0) is 24.6 Å². The van der Waals surface area contributed by atoms with Gasteiger partial charge in [0.05, 0.1) is 11.8 Å². The molecular formula is C16H19N5O3S. The zero-order valence-electron chi connectivity index (χ0n) is 13.7. The molecule has 25 heavy (non-hydrogen) atoms. The predicted octanol–water partition coefficient (Wildman–Crippen LogP) is 1.38. The highest BCUT2D eigenvalue weighted by atomic mass is 32.2. The summed E-state index contributed by atoms with van der Waals surface area (Å²) < 4.78 is 11.1. The number of aromatic nitrogens is 2. The van der Waals surface area contributed by atoms with Crippen molar-refractivity contribution in [2.75, 3.05) is 30.4 Å². The number of thioether (sulfide) groups is 1. The number of amides is 1. The van der Waals surface area contributed by atoms with Crippen molar-refractivity contribution in [2.45, 2.75) is 18.1 Å². The fraction of sp³-hybridized carbons (Fsp3) is 0.312. The third kappa shape index (κ3) is 4.44. The van der Waals surface area contributed by atoms with E-state index >= 15 is 0 Å². The molecule has 2 aromatic rings. The minimum atomic E-state index is -0.171. The minimum absolute atomic E-state index is 0.142. The topological polar surface area (TPSA) is 125 Å². The van der Waals surface area contributed by atoms with E-state index in [2.05, 4.69) is 15.3 Å². The van der Waals surface area contributed by atoms with E-state index in [-0.39, 0.29) is 29.3 Å². The Morgan fingerprint density at radius 3 is 2.60 bits per heavy atom. The molecule has 0 spiro atoms. The molecule has 0 saturated carbocycles. The summed E-state index contributed by atoms with van der Waals surface area (Å²) in [5.74, 6) is 2.00. The Morgan fingerprint density at radius 2 is 1.88 bits per heavy atom. The zero-order chi connectivity index (χ0) is 17.8. The number of nitrogens with two attached hydrogens (primary N) is 2. The van der Waals surface area contributed by atoms with Crippen LogP contribution in [0.1, 0.15) is 18.5 Å². The van der Waals surface area contributed by atoms with Crippen molar-refractivity contribution in [2.24, 2.45) is 0 Å². The molecule has 5 N–H and O–H groups in total. The average Bonchev–Trinajstić information content (AvgIpc) is 2.58. The number of anilines is 2. The highest BCUT2D eigenvalue weighted by molar-refractivity contribution is 7.99. The van der Waals surface area contributed by atoms with Crippen LogP contribution >= 0.6 is 11.8 Å². The number of hydrogen-bond acceptors (Lipinski definition) is 8. The molecule has 2 heterocycles. The van der Waals surface area contributed by atoms with E-state index < -0.39 is 0 Å². The monoisotopic (exact) mass is 361 g/mol. The van der Waals surface area contributed by atoms with Gasteiger partial charge >= 0.3 is 0 Å². The molecule has 0 unspecified atom stereocenters. The number of fused-ring (bicyclic) bond motifs is 1. The van der Waals surface area contributed by atoms with Gasteiger partial charge in [0.25, 0.3) is 0 Å². The van der Waals surface area contributed by atoms with Gasteiger partial charge in [-0.3, -0.25) is 4.79 Å². The molecule has 1 aliphatic rings. The van der Waals surface area contributed by atoms with E-state index in [0.29, 0.717) is 24.1 Å². The van der Waals surface area contributed by atoms with Crippen LogP contribution in [-0.4, -0.2) is 34.8 Å². The number of nitrogen functional groups attached to an aromatic ring is 2. The number of rotatable bonds is 5. The number of carbonyl (C=O) groups excluding carboxylic acids is 1. The van der Waals surface area contributed by atoms with Crippen LogP contribution in [0.25, 0.3) is 0 Å². The maximum atomic E-state index is 12.2. The molecule has 8 nitrogen and oxygen atoms in total. The second kappa shape index (κ2) is 7.47. The fourth-order valence-corrected chi connectivity index (χ4v) is 3.04. The lowest BCUT2D eigenvalue weighted by molar-refractivity contribution is -0.119. The van der Waals surface area contributed by atoms with E-state index in [9.17, 15) is 4.79 Å². The number of benzene rings is 1. The summed E-state index contributed by atoms with van der Waals surface area (Å²) in [5, 5.41) is 3.30. The van der Waals surface area contributed by atoms with Crippen molar-refractivity contribution < 1.29 is 14.3 Å². The van der Waals surface area contributed by atoms with Crippen molar-refractivity contribution in [3.05, 3.63) is 29.8 Å². The maximum absolute atomic E-state index is 12.2. The molecule has 3 rings (SSSR count). The summed E-state index contributed by atoms with van der Waals surface area (Å²) in [6, 6.07) is 6.94. The molecule has 0 aliphatic carbocycles. The number of hydrogen-bond donors (Lipinski definition) is 3. The SMILES string of the molecule is C[C@H](NC(=O)CSc1nc(N)cc(N)n1)c1ccc2c(c1)OCCO2. The van der Waals surface area contributed by atoms with Crippen molar-refractivity contribution in [3.63, 3.8) is 0 Å². The molecule has 9 heteroatoms. The van der Waals surface area contributed by atoms with E-state index in [1.54, 1.807) is 0 Å². The molecule has 132 valence electrons. The second-order valence-electron chi connectivity index (χ2n) is 5.48. The summed E-state index contributed by atoms with van der Waals surface area (Å²) in [6.45, 7) is 2.98. The Hall–Kier alpha value is -2.68. The summed E-state index contributed by atoms with van der Waals surface area (Å²) in [4.78, 5) is 20.2. The van der Waals surface area contributed by atoms with Crippen LogP contribution in [0, 0.1) is 0 Å². The Labute approximate surface area is 149 Å². The summed E-state index contributed by atoms with van der Waals surface area (Å²) >= 11 is 1.18. The molecule has 1 atom stereocenters. The van der Waals surface area contributed by atoms with Gasteiger partial charge in [0.2, 0.25) is 5.91 Å². The second-order valence-corrected chi connectivity index (χ2v) is 6.42. The van der Waals surface area contributed by atoms with E-state index in [1.165, 1.54) is 17.8 Å². The smallest absolute Gasteiger partial charge is 0.230 e. The van der Waals surface area contributed by atoms with Crippen LogP contribution < -0.4 is 26.3 Å². The van der Waals surface area contributed by atoms with Gasteiger partial charge in [0.15, 0.2) is 16.7 Å². The van der Waals surface area contributed by atoms with Gasteiger partial charge in [-0.25, -0.2) is 9.97 Å². The van der Waals surface area contributed by atoms with E-state index in [4.69, 9.17) is 20.9 Å². The molecule has 0 saturated heterocycles. The standard InChI is InChI=1S/C16H19N5O3S/c1-9(10-2-3-11-12(6-10)24-5-4-23-11)19-15(22)8-25-16-20-13(17)7-14(18)21-16/h2-3,6-7,9H,4-5,8H2,1H3,(H,19,22)(H4,17,18,20,21)/t9-/m0/s1. The maximum Gasteiger partial charge on any atom is 0.230 e. The van der Waals surface area contributed by atoms with Crippen molar-refractivity contribution in [3.8, 4) is 11.5 Å². The van der Waals surface area contributed by atoms with Gasteiger partial charge in [-0.2, -0.15) is 0 Å². The molecule has 1 aliphatic heterocycles. The highest BCUT2D eigenvalue weighted by Crippen LogP contribution is 2.32. The van der Waals surface area contributed by atoms with Crippen molar-refractivity contribution in [1.29, 1.82) is 0 Å². The quantitative estimate of drug-likeness (QED) is 0.539. The number of nitrogens with one attached hydrogen (secondary N) is 1. The van der Waals surface area contributed by atoms with Gasteiger partial charge in [-0.15, -0.1) is 0 Å². The minimum Gasteiger partial charge on any atom is -0.486 e. The zero-order valence-corrected chi connectivity index (χ0v) is 14.5. The first-order chi connectivity index (χ1) is 12.0. The Bertz CT molecular complexity index is 766. The average molecular weight is 361 g/mol. The lowest BCUT2D eigenvalue weighted by atomic mass is 10.1. The summed E-state index contributed by atoms with van der Waals surface area (Å²) in [5.41, 5.74) is 12.2. The largest absolute Gasteiger partial charge is 0.486 e. The fourth-order valence-electron chi connectivity index (χ4n) is 2.35. The molecule has 1 aromatic heterocycles. The number of nitrogens with zero attached hydrogens (tertiary/aromatic N) is 2. The molecule has 1 aromatic carbocycles. The summed E-state index contributed by atoms with van der Waals surface area (Å²) in [6.07, 6.45) is 0. The Kier molecular flexibility index (Phi) is 5.13. The van der Waals surface area contributed by atoms with Crippen molar-refractivity contribution >= 4 is 29.3 Å². The van der Waals surface area contributed by atoms with Crippen LogP contribution in [0.3, 0.4) is 0 Å². The van der Waals surface area contributed by atoms with Gasteiger partial charge in [0, 0.05) is 6.07 Å². The first-order valence-corrected chi connectivity index (χ1v) is 8.71.